The molecule has 0 aromatic carbocycles. The number of hydrogen-bond acceptors (Lipinski definition) is 4. The fourth-order valence-electron chi connectivity index (χ4n) is 2.77. The second-order valence-corrected chi connectivity index (χ2v) is 4.62. The fourth-order valence-corrected chi connectivity index (χ4v) is 2.77. The molecule has 1 aromatic heterocycles. The Balaban J connectivity index is 2.21. The Morgan fingerprint density at radius 1 is 1.24 bits per heavy atom. The highest BCUT2D eigenvalue weighted by molar-refractivity contribution is 5.22. The topological polar surface area (TPSA) is 47.0 Å². The van der Waals surface area contributed by atoms with Crippen LogP contribution in [0.1, 0.15) is 43.8 Å². The van der Waals surface area contributed by atoms with Gasteiger partial charge >= 0.3 is 0 Å². The summed E-state index contributed by atoms with van der Waals surface area (Å²) in [6.07, 6.45) is 9.97. The minimum atomic E-state index is 0.263. The molecule has 1 heterocycles. The molecule has 0 amide bonds. The summed E-state index contributed by atoms with van der Waals surface area (Å²) in [6, 6.07) is 0.263. The highest BCUT2D eigenvalue weighted by Crippen LogP contribution is 2.35. The molecule has 1 fully saturated rings. The van der Waals surface area contributed by atoms with E-state index in [2.05, 4.69) is 15.3 Å². The number of nitrogens with one attached hydrogen (secondary N) is 1. The average molecular weight is 235 g/mol. The quantitative estimate of drug-likeness (QED) is 0.870. The van der Waals surface area contributed by atoms with Crippen molar-refractivity contribution in [3.05, 3.63) is 18.1 Å². The van der Waals surface area contributed by atoms with Gasteiger partial charge in [0.25, 0.3) is 0 Å². The number of hydrogen-bond donors (Lipinski definition) is 1. The van der Waals surface area contributed by atoms with Crippen LogP contribution in [0, 0.1) is 5.92 Å². The lowest BCUT2D eigenvalue weighted by Crippen LogP contribution is -2.28. The Bertz CT molecular complexity index is 350. The summed E-state index contributed by atoms with van der Waals surface area (Å²) in [5.41, 5.74) is 0.949. The Hall–Kier alpha value is -1.16. The third-order valence-corrected chi connectivity index (χ3v) is 3.61. The summed E-state index contributed by atoms with van der Waals surface area (Å²) in [5, 5.41) is 3.38. The zero-order chi connectivity index (χ0) is 12.1. The maximum atomic E-state index is 5.31. The minimum Gasteiger partial charge on any atom is -0.480 e. The van der Waals surface area contributed by atoms with Crippen molar-refractivity contribution >= 4 is 0 Å². The lowest BCUT2D eigenvalue weighted by molar-refractivity contribution is 0.268. The van der Waals surface area contributed by atoms with E-state index < -0.39 is 0 Å². The second kappa shape index (κ2) is 5.96. The minimum absolute atomic E-state index is 0.263. The number of ether oxygens (including phenoxy) is 1. The summed E-state index contributed by atoms with van der Waals surface area (Å²) >= 11 is 0. The van der Waals surface area contributed by atoms with Crippen molar-refractivity contribution in [3.63, 3.8) is 0 Å². The molecular weight excluding hydrogens is 214 g/mol. The average Bonchev–Trinajstić information content (AvgIpc) is 2.41. The first-order valence-corrected chi connectivity index (χ1v) is 6.39. The van der Waals surface area contributed by atoms with Crippen LogP contribution in [0.4, 0.5) is 0 Å². The highest BCUT2D eigenvalue weighted by Gasteiger charge is 2.27. The van der Waals surface area contributed by atoms with Crippen LogP contribution >= 0.6 is 0 Å². The van der Waals surface area contributed by atoms with Crippen molar-refractivity contribution in [2.45, 2.75) is 38.1 Å². The van der Waals surface area contributed by atoms with Gasteiger partial charge < -0.3 is 10.1 Å². The third-order valence-electron chi connectivity index (χ3n) is 3.61. The molecule has 1 saturated carbocycles. The SMILES string of the molecule is CNC(c1nccnc1OC)C1CCCCC1. The van der Waals surface area contributed by atoms with Crippen LogP contribution < -0.4 is 10.1 Å². The lowest BCUT2D eigenvalue weighted by atomic mass is 9.82. The molecule has 0 bridgehead atoms. The first kappa shape index (κ1) is 12.3. The molecule has 0 radical (unpaired) electrons. The molecule has 1 aliphatic carbocycles. The fraction of sp³-hybridized carbons (Fsp3) is 0.692. The summed E-state index contributed by atoms with van der Waals surface area (Å²) in [5.74, 6) is 1.30. The number of methoxy groups -OCH3 is 1. The Morgan fingerprint density at radius 2 is 1.94 bits per heavy atom. The van der Waals surface area contributed by atoms with Crippen LogP contribution in [0.15, 0.2) is 12.4 Å². The van der Waals surface area contributed by atoms with Gasteiger partial charge in [0.1, 0.15) is 5.69 Å². The van der Waals surface area contributed by atoms with Crippen LogP contribution in [0.5, 0.6) is 5.88 Å². The van der Waals surface area contributed by atoms with E-state index in [1.165, 1.54) is 32.1 Å². The molecule has 1 atom stereocenters. The normalized spacial score (nSPS) is 18.9. The summed E-state index contributed by atoms with van der Waals surface area (Å²) in [7, 11) is 3.65. The number of nitrogens with zero attached hydrogens (tertiary/aromatic N) is 2. The van der Waals surface area contributed by atoms with E-state index in [-0.39, 0.29) is 6.04 Å². The Morgan fingerprint density at radius 3 is 2.59 bits per heavy atom. The summed E-state index contributed by atoms with van der Waals surface area (Å²) < 4.78 is 5.31. The van der Waals surface area contributed by atoms with E-state index >= 15 is 0 Å². The van der Waals surface area contributed by atoms with Crippen molar-refractivity contribution < 1.29 is 4.74 Å². The van der Waals surface area contributed by atoms with Gasteiger partial charge in [-0.15, -0.1) is 0 Å². The van der Waals surface area contributed by atoms with Gasteiger partial charge in [0, 0.05) is 12.4 Å². The van der Waals surface area contributed by atoms with Crippen molar-refractivity contribution in [1.82, 2.24) is 15.3 Å². The molecular formula is C13H21N3O. The van der Waals surface area contributed by atoms with E-state index in [1.54, 1.807) is 19.5 Å². The number of rotatable bonds is 4. The van der Waals surface area contributed by atoms with Crippen molar-refractivity contribution in [2.75, 3.05) is 14.2 Å². The second-order valence-electron chi connectivity index (χ2n) is 4.62. The first-order valence-electron chi connectivity index (χ1n) is 6.39. The molecule has 0 spiro atoms. The van der Waals surface area contributed by atoms with Gasteiger partial charge in [-0.1, -0.05) is 19.3 Å². The van der Waals surface area contributed by atoms with Gasteiger partial charge in [-0.05, 0) is 25.8 Å². The molecule has 1 aliphatic rings. The summed E-state index contributed by atoms with van der Waals surface area (Å²) in [6.45, 7) is 0. The first-order chi connectivity index (χ1) is 8.36. The van der Waals surface area contributed by atoms with Crippen molar-refractivity contribution in [2.24, 2.45) is 5.92 Å². The standard InChI is InChI=1S/C13H21N3O/c1-14-11(10-6-4-3-5-7-10)12-13(17-2)16-9-8-15-12/h8-11,14H,3-7H2,1-2H3. The van der Waals surface area contributed by atoms with Crippen LogP contribution in [0.3, 0.4) is 0 Å². The van der Waals surface area contributed by atoms with Crippen LogP contribution in [-0.2, 0) is 0 Å². The maximum Gasteiger partial charge on any atom is 0.237 e. The molecule has 2 rings (SSSR count). The molecule has 0 saturated heterocycles. The van der Waals surface area contributed by atoms with E-state index in [1.807, 2.05) is 7.05 Å². The van der Waals surface area contributed by atoms with E-state index in [4.69, 9.17) is 4.74 Å². The zero-order valence-corrected chi connectivity index (χ0v) is 10.6. The van der Waals surface area contributed by atoms with Crippen molar-refractivity contribution in [1.29, 1.82) is 0 Å². The van der Waals surface area contributed by atoms with Crippen molar-refractivity contribution in [3.8, 4) is 5.88 Å². The van der Waals surface area contributed by atoms with Gasteiger partial charge in [-0.3, -0.25) is 4.98 Å². The zero-order valence-electron chi connectivity index (χ0n) is 10.6. The van der Waals surface area contributed by atoms with Gasteiger partial charge in [-0.2, -0.15) is 0 Å². The molecule has 1 N–H and O–H groups in total. The molecule has 94 valence electrons. The molecule has 4 nitrogen and oxygen atoms in total. The van der Waals surface area contributed by atoms with Crippen LogP contribution in [0.25, 0.3) is 0 Å². The maximum absolute atomic E-state index is 5.31. The van der Waals surface area contributed by atoms with Gasteiger partial charge in [0.15, 0.2) is 0 Å². The molecule has 1 unspecified atom stereocenters. The monoisotopic (exact) mass is 235 g/mol. The van der Waals surface area contributed by atoms with E-state index in [0.29, 0.717) is 11.8 Å². The third kappa shape index (κ3) is 2.75. The predicted octanol–water partition coefficient (Wildman–Crippen LogP) is 2.33. The smallest absolute Gasteiger partial charge is 0.237 e. The summed E-state index contributed by atoms with van der Waals surface area (Å²) in [4.78, 5) is 8.68. The van der Waals surface area contributed by atoms with E-state index in [9.17, 15) is 0 Å². The van der Waals surface area contributed by atoms with Gasteiger partial charge in [-0.25, -0.2) is 4.98 Å². The molecule has 4 heteroatoms. The number of aromatic nitrogens is 2. The molecule has 17 heavy (non-hydrogen) atoms. The lowest BCUT2D eigenvalue weighted by Gasteiger charge is -2.29. The highest BCUT2D eigenvalue weighted by atomic mass is 16.5. The van der Waals surface area contributed by atoms with Crippen LogP contribution in [-0.4, -0.2) is 24.1 Å². The molecule has 0 aliphatic heterocycles. The largest absolute Gasteiger partial charge is 0.480 e. The van der Waals surface area contributed by atoms with Crippen LogP contribution in [0.2, 0.25) is 0 Å². The Kier molecular flexibility index (Phi) is 4.31. The van der Waals surface area contributed by atoms with Gasteiger partial charge in [0.2, 0.25) is 5.88 Å². The Labute approximate surface area is 103 Å². The predicted molar refractivity (Wildman–Crippen MR) is 67.0 cm³/mol. The van der Waals surface area contributed by atoms with Gasteiger partial charge in [0.05, 0.1) is 13.2 Å². The molecule has 1 aromatic rings. The van der Waals surface area contributed by atoms with E-state index in [0.717, 1.165) is 5.69 Å².